The van der Waals surface area contributed by atoms with Gasteiger partial charge in [-0.2, -0.15) is 5.10 Å². The normalized spacial score (nSPS) is 21.6. The van der Waals surface area contributed by atoms with Gasteiger partial charge >= 0.3 is 0 Å². The van der Waals surface area contributed by atoms with Gasteiger partial charge in [-0.1, -0.05) is 24.3 Å². The summed E-state index contributed by atoms with van der Waals surface area (Å²) in [6.07, 6.45) is 5.54. The molecule has 1 saturated carbocycles. The second kappa shape index (κ2) is 8.71. The fourth-order valence-electron chi connectivity index (χ4n) is 4.56. The van der Waals surface area contributed by atoms with Gasteiger partial charge in [0, 0.05) is 45.5 Å². The average molecular weight is 434 g/mol. The summed E-state index contributed by atoms with van der Waals surface area (Å²) >= 11 is 5.39. The lowest BCUT2D eigenvalue weighted by atomic mass is 9.77. The van der Waals surface area contributed by atoms with Crippen molar-refractivity contribution in [3.8, 4) is 0 Å². The van der Waals surface area contributed by atoms with E-state index in [1.54, 1.807) is 0 Å². The monoisotopic (exact) mass is 433 g/mol. The van der Waals surface area contributed by atoms with Gasteiger partial charge in [0.2, 0.25) is 0 Å². The Hall–Kier alpha value is -2.86. The van der Waals surface area contributed by atoms with Crippen molar-refractivity contribution in [2.24, 2.45) is 16.8 Å². The van der Waals surface area contributed by atoms with Crippen LogP contribution in [-0.2, 0) is 0 Å². The van der Waals surface area contributed by atoms with E-state index in [9.17, 15) is 0 Å². The molecule has 0 amide bonds. The number of benzene rings is 2. The van der Waals surface area contributed by atoms with Crippen molar-refractivity contribution in [3.05, 3.63) is 65.2 Å². The molecular formula is C25H31N5S. The van der Waals surface area contributed by atoms with Crippen molar-refractivity contribution in [3.63, 3.8) is 0 Å². The summed E-state index contributed by atoms with van der Waals surface area (Å²) in [6.45, 7) is 0. The maximum absolute atomic E-state index is 6.12. The van der Waals surface area contributed by atoms with Gasteiger partial charge in [-0.05, 0) is 78.5 Å². The summed E-state index contributed by atoms with van der Waals surface area (Å²) in [5, 5.41) is 7.13. The van der Waals surface area contributed by atoms with E-state index in [2.05, 4.69) is 92.6 Å². The molecule has 0 radical (unpaired) electrons. The third kappa shape index (κ3) is 4.30. The fraction of sp³-hybridized carbons (Fsp3) is 0.360. The average Bonchev–Trinajstić information content (AvgIpc) is 3.15. The maximum Gasteiger partial charge on any atom is 0.187 e. The van der Waals surface area contributed by atoms with E-state index in [0.29, 0.717) is 11.0 Å². The number of fused-ring (bicyclic) bond motifs is 1. The van der Waals surface area contributed by atoms with Gasteiger partial charge in [-0.3, -0.25) is 0 Å². The summed E-state index contributed by atoms with van der Waals surface area (Å²) in [7, 11) is 8.22. The van der Waals surface area contributed by atoms with E-state index < -0.39 is 0 Å². The molecule has 1 aliphatic carbocycles. The van der Waals surface area contributed by atoms with Gasteiger partial charge in [0.25, 0.3) is 0 Å². The van der Waals surface area contributed by atoms with Crippen molar-refractivity contribution >= 4 is 40.5 Å². The van der Waals surface area contributed by atoms with Crippen LogP contribution in [0.5, 0.6) is 0 Å². The van der Waals surface area contributed by atoms with Crippen molar-refractivity contribution in [1.82, 2.24) is 5.01 Å². The van der Waals surface area contributed by atoms with Crippen molar-refractivity contribution in [2.45, 2.75) is 25.3 Å². The predicted molar refractivity (Wildman–Crippen MR) is 136 cm³/mol. The molecule has 2 aliphatic rings. The second-order valence-corrected chi connectivity index (χ2v) is 9.17. The lowest BCUT2D eigenvalue weighted by Crippen LogP contribution is -2.35. The molecule has 0 spiro atoms. The number of hydrogen-bond donors (Lipinski definition) is 1. The molecule has 0 aromatic heterocycles. The van der Waals surface area contributed by atoms with Gasteiger partial charge in [-0.25, -0.2) is 5.01 Å². The molecule has 0 unspecified atom stereocenters. The topological polar surface area (TPSA) is 48.1 Å². The molecule has 162 valence electrons. The molecule has 1 fully saturated rings. The Morgan fingerprint density at radius 1 is 1.00 bits per heavy atom. The first kappa shape index (κ1) is 21.4. The van der Waals surface area contributed by atoms with Crippen LogP contribution in [0.4, 0.5) is 11.4 Å². The lowest BCUT2D eigenvalue weighted by Gasteiger charge is -2.30. The Balaban J connectivity index is 1.66. The molecule has 2 N–H and O–H groups in total. The first-order valence-corrected chi connectivity index (χ1v) is 11.2. The number of hydrazone groups is 1. The maximum atomic E-state index is 6.12. The Morgan fingerprint density at radius 2 is 1.58 bits per heavy atom. The second-order valence-electron chi connectivity index (χ2n) is 8.75. The minimum absolute atomic E-state index is 0.0588. The first-order valence-electron chi connectivity index (χ1n) is 10.8. The van der Waals surface area contributed by atoms with Gasteiger partial charge in [0.1, 0.15) is 0 Å². The van der Waals surface area contributed by atoms with Gasteiger partial charge in [0.05, 0.1) is 11.8 Å². The SMILES string of the molecule is CN(C)c1ccc(/C=C2\CCC[C@@H]3C2=NN(C(N)=S)[C@@H]3c2ccc(N(C)C)cc2)cc1. The molecule has 0 bridgehead atoms. The van der Waals surface area contributed by atoms with Crippen LogP contribution in [-0.4, -0.2) is 44.0 Å². The van der Waals surface area contributed by atoms with E-state index in [-0.39, 0.29) is 6.04 Å². The third-order valence-corrected chi connectivity index (χ3v) is 6.42. The molecular weight excluding hydrogens is 402 g/mol. The number of allylic oxidation sites excluding steroid dienone is 1. The van der Waals surface area contributed by atoms with E-state index in [4.69, 9.17) is 23.1 Å². The van der Waals surface area contributed by atoms with Gasteiger partial charge in [0.15, 0.2) is 5.11 Å². The molecule has 0 saturated heterocycles. The van der Waals surface area contributed by atoms with Crippen LogP contribution in [0.25, 0.3) is 6.08 Å². The highest BCUT2D eigenvalue weighted by atomic mass is 32.1. The number of nitrogens with two attached hydrogens (primary N) is 1. The summed E-state index contributed by atoms with van der Waals surface area (Å²) in [5.41, 5.74) is 13.3. The smallest absolute Gasteiger partial charge is 0.187 e. The molecule has 1 heterocycles. The zero-order valence-corrected chi connectivity index (χ0v) is 19.6. The van der Waals surface area contributed by atoms with Crippen LogP contribution < -0.4 is 15.5 Å². The van der Waals surface area contributed by atoms with E-state index in [0.717, 1.165) is 25.0 Å². The van der Waals surface area contributed by atoms with Gasteiger partial charge < -0.3 is 15.5 Å². The number of anilines is 2. The van der Waals surface area contributed by atoms with E-state index >= 15 is 0 Å². The largest absolute Gasteiger partial charge is 0.378 e. The number of thiocarbonyl (C=S) groups is 1. The molecule has 5 nitrogen and oxygen atoms in total. The lowest BCUT2D eigenvalue weighted by molar-refractivity contribution is 0.305. The molecule has 1 aliphatic heterocycles. The van der Waals surface area contributed by atoms with Crippen LogP contribution >= 0.6 is 12.2 Å². The van der Waals surface area contributed by atoms with Crippen molar-refractivity contribution < 1.29 is 0 Å². The number of rotatable bonds is 4. The number of hydrogen-bond acceptors (Lipinski definition) is 4. The first-order chi connectivity index (χ1) is 14.8. The van der Waals surface area contributed by atoms with Crippen LogP contribution in [0, 0.1) is 5.92 Å². The van der Waals surface area contributed by atoms with E-state index in [1.165, 1.54) is 28.1 Å². The zero-order chi connectivity index (χ0) is 22.1. The Kier molecular flexibility index (Phi) is 6.01. The quantitative estimate of drug-likeness (QED) is 0.711. The molecule has 2 aromatic carbocycles. The number of nitrogens with zero attached hydrogens (tertiary/aromatic N) is 4. The Bertz CT molecular complexity index is 1010. The van der Waals surface area contributed by atoms with Crippen LogP contribution in [0.2, 0.25) is 0 Å². The summed E-state index contributed by atoms with van der Waals surface area (Å²) in [5.74, 6) is 0.299. The standard InChI is InChI=1S/C25H31N5S/c1-28(2)20-12-8-17(9-13-20)16-19-6-5-7-22-23(19)27-30(25(26)31)24(22)18-10-14-21(15-11-18)29(3)4/h8-16,22,24H,5-7H2,1-4H3,(H2,26,31)/b19-16+/t22-,24-/m1/s1. The fourth-order valence-corrected chi connectivity index (χ4v) is 4.71. The predicted octanol–water partition coefficient (Wildman–Crippen LogP) is 4.66. The van der Waals surface area contributed by atoms with E-state index in [1.807, 2.05) is 5.01 Å². The minimum Gasteiger partial charge on any atom is -0.378 e. The van der Waals surface area contributed by atoms with Gasteiger partial charge in [-0.15, -0.1) is 0 Å². The highest BCUT2D eigenvalue weighted by Gasteiger charge is 2.42. The zero-order valence-electron chi connectivity index (χ0n) is 18.7. The highest BCUT2D eigenvalue weighted by Crippen LogP contribution is 2.44. The molecule has 2 aromatic rings. The minimum atomic E-state index is 0.0588. The summed E-state index contributed by atoms with van der Waals surface area (Å²) < 4.78 is 0. The molecule has 31 heavy (non-hydrogen) atoms. The van der Waals surface area contributed by atoms with Crippen LogP contribution in [0.1, 0.15) is 36.4 Å². The Morgan fingerprint density at radius 3 is 2.13 bits per heavy atom. The molecule has 2 atom stereocenters. The Labute approximate surface area is 190 Å². The van der Waals surface area contributed by atoms with Crippen molar-refractivity contribution in [1.29, 1.82) is 0 Å². The van der Waals surface area contributed by atoms with Crippen molar-refractivity contribution in [2.75, 3.05) is 38.0 Å². The highest BCUT2D eigenvalue weighted by molar-refractivity contribution is 7.80. The van der Waals surface area contributed by atoms with Crippen LogP contribution in [0.3, 0.4) is 0 Å². The summed E-state index contributed by atoms with van der Waals surface area (Å²) in [4.78, 5) is 4.22. The third-order valence-electron chi connectivity index (χ3n) is 6.23. The summed E-state index contributed by atoms with van der Waals surface area (Å²) in [6, 6.07) is 17.4. The van der Waals surface area contributed by atoms with Crippen LogP contribution in [0.15, 0.2) is 59.2 Å². The molecule has 4 rings (SSSR count). The molecule has 6 heteroatoms.